The number of unbranched alkanes of at least 4 members (excludes halogenated alkanes) is 12. The lowest BCUT2D eigenvalue weighted by Crippen LogP contribution is -2.49. The van der Waals surface area contributed by atoms with Gasteiger partial charge in [-0.15, -0.1) is 0 Å². The van der Waals surface area contributed by atoms with Crippen LogP contribution in [0.4, 0.5) is 0 Å². The number of hydrogen-bond acceptors (Lipinski definition) is 1. The molecule has 0 amide bonds. The summed E-state index contributed by atoms with van der Waals surface area (Å²) in [6.45, 7) is 4.41. The van der Waals surface area contributed by atoms with Gasteiger partial charge in [-0.1, -0.05) is 90.9 Å². The molecule has 0 aliphatic carbocycles. The Balaban J connectivity index is 3.40. The van der Waals surface area contributed by atoms with Gasteiger partial charge in [-0.2, -0.15) is 0 Å². The Kier molecular flexibility index (Phi) is 14.7. The summed E-state index contributed by atoms with van der Waals surface area (Å²) >= 11 is 0. The number of likely N-dealkylation sites (N-methyl/N-ethyl adjacent to an activating group) is 1. The lowest BCUT2D eigenvalue weighted by molar-refractivity contribution is -0.886. The number of carbonyl (C=O) groups is 1. The molecular formula is C22H46NO+. The molecule has 0 aromatic heterocycles. The van der Waals surface area contributed by atoms with Crippen LogP contribution in [0.25, 0.3) is 0 Å². The molecule has 0 aromatic rings. The Labute approximate surface area is 153 Å². The number of hydrogen-bond donors (Lipinski definition) is 0. The molecule has 2 heteroatoms. The summed E-state index contributed by atoms with van der Waals surface area (Å²) in [5.41, 5.74) is 0. The average molecular weight is 341 g/mol. The highest BCUT2D eigenvalue weighted by molar-refractivity contribution is 5.82. The molecule has 0 aromatic carbocycles. The van der Waals surface area contributed by atoms with Crippen LogP contribution in [0.5, 0.6) is 0 Å². The van der Waals surface area contributed by atoms with Crippen molar-refractivity contribution in [1.29, 1.82) is 0 Å². The SMILES string of the molecule is CCCCCCCCCCCCCCCC(=O)C(CC)[N+](C)(C)C. The third-order valence-electron chi connectivity index (χ3n) is 5.22. The number of Topliss-reactive ketones (excluding diaryl/α,β-unsaturated/α-hetero) is 1. The van der Waals surface area contributed by atoms with Gasteiger partial charge in [0.15, 0.2) is 5.78 Å². The largest absolute Gasteiger partial charge is 0.322 e. The molecule has 144 valence electrons. The summed E-state index contributed by atoms with van der Waals surface area (Å²) in [6, 6.07) is 0.183. The van der Waals surface area contributed by atoms with Gasteiger partial charge in [-0.05, 0) is 6.42 Å². The van der Waals surface area contributed by atoms with Crippen LogP contribution < -0.4 is 0 Å². The average Bonchev–Trinajstić information content (AvgIpc) is 2.51. The van der Waals surface area contributed by atoms with Crippen LogP contribution in [-0.2, 0) is 4.79 Å². The van der Waals surface area contributed by atoms with Gasteiger partial charge in [-0.3, -0.25) is 4.79 Å². The summed E-state index contributed by atoms with van der Waals surface area (Å²) in [4.78, 5) is 12.3. The first-order chi connectivity index (χ1) is 11.4. The zero-order chi connectivity index (χ0) is 18.3. The van der Waals surface area contributed by atoms with E-state index in [1.165, 1.54) is 77.0 Å². The number of carbonyl (C=O) groups excluding carboxylic acids is 1. The van der Waals surface area contributed by atoms with Crippen LogP contribution in [0, 0.1) is 0 Å². The monoisotopic (exact) mass is 340 g/mol. The van der Waals surface area contributed by atoms with Crippen LogP contribution >= 0.6 is 0 Å². The quantitative estimate of drug-likeness (QED) is 0.217. The van der Waals surface area contributed by atoms with Gasteiger partial charge in [0.25, 0.3) is 0 Å². The van der Waals surface area contributed by atoms with E-state index >= 15 is 0 Å². The molecule has 24 heavy (non-hydrogen) atoms. The Morgan fingerprint density at radius 1 is 0.667 bits per heavy atom. The van der Waals surface area contributed by atoms with Crippen molar-refractivity contribution in [2.45, 2.75) is 116 Å². The molecule has 0 saturated carbocycles. The Bertz CT molecular complexity index is 293. The minimum Gasteiger partial charge on any atom is -0.322 e. The zero-order valence-electron chi connectivity index (χ0n) is 17.5. The molecule has 0 bridgehead atoms. The number of ketones is 1. The maximum atomic E-state index is 12.3. The van der Waals surface area contributed by atoms with Gasteiger partial charge in [0.1, 0.15) is 6.04 Å². The summed E-state index contributed by atoms with van der Waals surface area (Å²) in [5, 5.41) is 0. The third-order valence-corrected chi connectivity index (χ3v) is 5.22. The molecule has 0 heterocycles. The van der Waals surface area contributed by atoms with Gasteiger partial charge in [0.2, 0.25) is 0 Å². The van der Waals surface area contributed by atoms with E-state index in [0.29, 0.717) is 5.78 Å². The molecule has 0 fully saturated rings. The normalized spacial score (nSPS) is 13.2. The fourth-order valence-corrected chi connectivity index (χ4v) is 3.69. The van der Waals surface area contributed by atoms with Crippen molar-refractivity contribution >= 4 is 5.78 Å². The van der Waals surface area contributed by atoms with Crippen molar-refractivity contribution in [1.82, 2.24) is 0 Å². The van der Waals surface area contributed by atoms with Gasteiger partial charge >= 0.3 is 0 Å². The second-order valence-electron chi connectivity index (χ2n) is 8.50. The minimum absolute atomic E-state index is 0.183. The Morgan fingerprint density at radius 3 is 1.38 bits per heavy atom. The van der Waals surface area contributed by atoms with Crippen molar-refractivity contribution < 1.29 is 9.28 Å². The fourth-order valence-electron chi connectivity index (χ4n) is 3.69. The molecule has 0 saturated heterocycles. The second kappa shape index (κ2) is 14.9. The van der Waals surface area contributed by atoms with Crippen LogP contribution in [0.15, 0.2) is 0 Å². The van der Waals surface area contributed by atoms with Crippen molar-refractivity contribution in [3.63, 3.8) is 0 Å². The Morgan fingerprint density at radius 2 is 1.04 bits per heavy atom. The van der Waals surface area contributed by atoms with Gasteiger partial charge in [0.05, 0.1) is 21.1 Å². The smallest absolute Gasteiger partial charge is 0.189 e. The molecule has 0 radical (unpaired) electrons. The van der Waals surface area contributed by atoms with Crippen LogP contribution in [0.3, 0.4) is 0 Å². The minimum atomic E-state index is 0.183. The Hall–Kier alpha value is -0.370. The standard InChI is InChI=1S/C22H46NO/c1-6-8-9-10-11-12-13-14-15-16-17-18-19-20-22(24)21(7-2)23(3,4)5/h21H,6-20H2,1-5H3/q+1. The number of nitrogens with zero attached hydrogens (tertiary/aromatic N) is 1. The zero-order valence-corrected chi connectivity index (χ0v) is 17.5. The highest BCUT2D eigenvalue weighted by atomic mass is 16.1. The van der Waals surface area contributed by atoms with Crippen molar-refractivity contribution in [3.05, 3.63) is 0 Å². The van der Waals surface area contributed by atoms with Crippen molar-refractivity contribution in [3.8, 4) is 0 Å². The van der Waals surface area contributed by atoms with E-state index in [1.54, 1.807) is 0 Å². The molecule has 1 atom stereocenters. The summed E-state index contributed by atoms with van der Waals surface area (Å²) in [6.07, 6.45) is 19.5. The van der Waals surface area contributed by atoms with E-state index in [9.17, 15) is 4.79 Å². The van der Waals surface area contributed by atoms with Crippen molar-refractivity contribution in [2.75, 3.05) is 21.1 Å². The fraction of sp³-hybridized carbons (Fsp3) is 0.955. The van der Waals surface area contributed by atoms with E-state index in [-0.39, 0.29) is 6.04 Å². The summed E-state index contributed by atoms with van der Waals surface area (Å²) < 4.78 is 0.772. The predicted molar refractivity (Wildman–Crippen MR) is 107 cm³/mol. The summed E-state index contributed by atoms with van der Waals surface area (Å²) in [5.74, 6) is 0.466. The third kappa shape index (κ3) is 13.0. The maximum absolute atomic E-state index is 12.3. The first-order valence-electron chi connectivity index (χ1n) is 10.8. The van der Waals surface area contributed by atoms with E-state index < -0.39 is 0 Å². The maximum Gasteiger partial charge on any atom is 0.189 e. The first kappa shape index (κ1) is 23.6. The van der Waals surface area contributed by atoms with E-state index in [1.807, 2.05) is 0 Å². The van der Waals surface area contributed by atoms with Gasteiger partial charge in [-0.25, -0.2) is 0 Å². The lowest BCUT2D eigenvalue weighted by atomic mass is 10.00. The highest BCUT2D eigenvalue weighted by Crippen LogP contribution is 2.15. The number of rotatable bonds is 17. The first-order valence-corrected chi connectivity index (χ1v) is 10.8. The van der Waals surface area contributed by atoms with E-state index in [0.717, 1.165) is 23.7 Å². The molecule has 1 unspecified atom stereocenters. The molecule has 0 rings (SSSR count). The van der Waals surface area contributed by atoms with E-state index in [2.05, 4.69) is 35.0 Å². The van der Waals surface area contributed by atoms with Crippen molar-refractivity contribution in [2.24, 2.45) is 0 Å². The van der Waals surface area contributed by atoms with Gasteiger partial charge < -0.3 is 4.48 Å². The molecule has 0 aliphatic rings. The van der Waals surface area contributed by atoms with Crippen LogP contribution in [0.1, 0.15) is 110 Å². The molecule has 0 spiro atoms. The van der Waals surface area contributed by atoms with E-state index in [4.69, 9.17) is 0 Å². The molecule has 2 nitrogen and oxygen atoms in total. The number of quaternary nitrogens is 1. The second-order valence-corrected chi connectivity index (χ2v) is 8.50. The van der Waals surface area contributed by atoms with Crippen LogP contribution in [0.2, 0.25) is 0 Å². The van der Waals surface area contributed by atoms with Crippen LogP contribution in [-0.4, -0.2) is 37.5 Å². The molecular weight excluding hydrogens is 294 g/mol. The molecule has 0 aliphatic heterocycles. The summed E-state index contributed by atoms with van der Waals surface area (Å²) in [7, 11) is 6.40. The predicted octanol–water partition coefficient (Wildman–Crippen LogP) is 6.52. The lowest BCUT2D eigenvalue weighted by Gasteiger charge is -2.32. The highest BCUT2D eigenvalue weighted by Gasteiger charge is 2.28. The topological polar surface area (TPSA) is 17.1 Å². The van der Waals surface area contributed by atoms with Gasteiger partial charge in [0, 0.05) is 12.8 Å². The molecule has 0 N–H and O–H groups in total.